The predicted molar refractivity (Wildman–Crippen MR) is 73.4 cm³/mol. The van der Waals surface area contributed by atoms with Gasteiger partial charge in [-0.1, -0.05) is 0 Å². The van der Waals surface area contributed by atoms with Gasteiger partial charge in [0.15, 0.2) is 0 Å². The Hall–Kier alpha value is -0.135. The molecular weight excluding hydrogens is 247 g/mol. The fourth-order valence-corrected chi connectivity index (χ4v) is 1.33. The van der Waals surface area contributed by atoms with Crippen LogP contribution in [0.4, 0.5) is 0 Å². The highest BCUT2D eigenvalue weighted by Crippen LogP contribution is 2.38. The molecule has 0 aromatic carbocycles. The van der Waals surface area contributed by atoms with Gasteiger partial charge in [-0.05, 0) is 55.4 Å². The summed E-state index contributed by atoms with van der Waals surface area (Å²) in [4.78, 5) is 10.8. The zero-order chi connectivity index (χ0) is 15.1. The van der Waals surface area contributed by atoms with Crippen LogP contribution < -0.4 is 0 Å². The van der Waals surface area contributed by atoms with Crippen LogP contribution in [-0.4, -0.2) is 36.8 Å². The zero-order valence-electron chi connectivity index (χ0n) is 13.6. The highest BCUT2D eigenvalue weighted by atomic mass is 17.2. The average molecular weight is 274 g/mol. The van der Waals surface area contributed by atoms with Crippen LogP contribution in [0.5, 0.6) is 0 Å². The van der Waals surface area contributed by atoms with Crippen molar-refractivity contribution in [1.82, 2.24) is 0 Å². The summed E-state index contributed by atoms with van der Waals surface area (Å²) in [6.07, 6.45) is 0. The van der Waals surface area contributed by atoms with Crippen LogP contribution in [-0.2, 0) is 23.7 Å². The third-order valence-electron chi connectivity index (χ3n) is 4.53. The normalized spacial score (nSPS) is 22.9. The lowest BCUT2D eigenvalue weighted by molar-refractivity contribution is -0.342. The molecule has 5 nitrogen and oxygen atoms in total. The van der Waals surface area contributed by atoms with Gasteiger partial charge in [-0.25, -0.2) is 9.69 Å². The Balaban J connectivity index is 2.61. The van der Waals surface area contributed by atoms with E-state index >= 15 is 0 Å². The first-order valence-electron chi connectivity index (χ1n) is 6.60. The van der Waals surface area contributed by atoms with Gasteiger partial charge in [0.25, 0.3) is 0 Å². The summed E-state index contributed by atoms with van der Waals surface area (Å²) in [6.45, 7) is 15.5. The quantitative estimate of drug-likeness (QED) is 0.438. The van der Waals surface area contributed by atoms with E-state index in [2.05, 4.69) is 0 Å². The minimum absolute atomic E-state index is 0.443. The van der Waals surface area contributed by atoms with Gasteiger partial charge in [0.2, 0.25) is 0 Å². The van der Waals surface area contributed by atoms with E-state index < -0.39 is 29.7 Å². The van der Waals surface area contributed by atoms with E-state index in [0.29, 0.717) is 0 Å². The molecule has 1 saturated heterocycles. The lowest BCUT2D eigenvalue weighted by Gasteiger charge is -2.38. The van der Waals surface area contributed by atoms with Crippen molar-refractivity contribution in [2.24, 2.45) is 0 Å². The second-order valence-corrected chi connectivity index (χ2v) is 6.95. The highest BCUT2D eigenvalue weighted by Gasteiger charge is 2.54. The number of hydrogen-bond donors (Lipinski definition) is 0. The topological polar surface area (TPSA) is 46.2 Å². The monoisotopic (exact) mass is 274 g/mol. The standard InChI is InChI=1S/C13H27BO5/c1-10(2,15-9)13(7,8)18-19-14-16-11(3,4)12(5,6)17-14/h1-9H3. The lowest BCUT2D eigenvalue weighted by atomic mass is 9.89. The van der Waals surface area contributed by atoms with Crippen LogP contribution in [0, 0.1) is 0 Å². The summed E-state index contributed by atoms with van der Waals surface area (Å²) < 4.78 is 16.8. The Morgan fingerprint density at radius 3 is 1.63 bits per heavy atom. The molecule has 0 bridgehead atoms. The Morgan fingerprint density at radius 1 is 0.842 bits per heavy atom. The van der Waals surface area contributed by atoms with Crippen molar-refractivity contribution in [3.05, 3.63) is 0 Å². The van der Waals surface area contributed by atoms with Crippen LogP contribution in [0.15, 0.2) is 0 Å². The minimum Gasteiger partial charge on any atom is -0.376 e. The summed E-state index contributed by atoms with van der Waals surface area (Å²) >= 11 is 0. The molecule has 0 unspecified atom stereocenters. The summed E-state index contributed by atoms with van der Waals surface area (Å²) in [5, 5.41) is 0. The predicted octanol–water partition coefficient (Wildman–Crippen LogP) is 2.73. The molecule has 112 valence electrons. The van der Waals surface area contributed by atoms with Crippen molar-refractivity contribution >= 4 is 7.32 Å². The van der Waals surface area contributed by atoms with E-state index in [1.807, 2.05) is 55.4 Å². The maximum absolute atomic E-state index is 5.70. The van der Waals surface area contributed by atoms with Gasteiger partial charge >= 0.3 is 7.32 Å². The molecule has 0 atom stereocenters. The first-order chi connectivity index (χ1) is 8.35. The molecule has 0 radical (unpaired) electrons. The Bertz CT molecular complexity index is 309. The smallest absolute Gasteiger partial charge is 0.376 e. The maximum Gasteiger partial charge on any atom is 0.669 e. The van der Waals surface area contributed by atoms with Crippen molar-refractivity contribution in [2.45, 2.75) is 77.8 Å². The molecule has 0 aliphatic carbocycles. The van der Waals surface area contributed by atoms with E-state index in [0.717, 1.165) is 0 Å². The minimum atomic E-state index is -0.836. The second-order valence-electron chi connectivity index (χ2n) is 6.95. The van der Waals surface area contributed by atoms with Crippen LogP contribution in [0.3, 0.4) is 0 Å². The van der Waals surface area contributed by atoms with Crippen molar-refractivity contribution in [1.29, 1.82) is 0 Å². The molecular formula is C13H27BO5. The molecule has 0 aromatic rings. The van der Waals surface area contributed by atoms with Gasteiger partial charge in [0.1, 0.15) is 5.60 Å². The van der Waals surface area contributed by atoms with Crippen molar-refractivity contribution in [2.75, 3.05) is 7.11 Å². The highest BCUT2D eigenvalue weighted by molar-refractivity contribution is 6.37. The van der Waals surface area contributed by atoms with Crippen LogP contribution in [0.1, 0.15) is 55.4 Å². The summed E-state index contributed by atoms with van der Waals surface area (Å²) in [5.74, 6) is 0. The first-order valence-corrected chi connectivity index (χ1v) is 6.60. The number of hydrogen-bond acceptors (Lipinski definition) is 5. The van der Waals surface area contributed by atoms with Crippen molar-refractivity contribution < 1.29 is 23.7 Å². The number of ether oxygens (including phenoxy) is 1. The molecule has 19 heavy (non-hydrogen) atoms. The fourth-order valence-electron chi connectivity index (χ4n) is 1.33. The van der Waals surface area contributed by atoms with Gasteiger partial charge < -0.3 is 14.0 Å². The van der Waals surface area contributed by atoms with E-state index in [1.54, 1.807) is 7.11 Å². The first kappa shape index (κ1) is 16.9. The number of methoxy groups -OCH3 is 1. The molecule has 0 aromatic heterocycles. The van der Waals surface area contributed by atoms with Crippen molar-refractivity contribution in [3.8, 4) is 0 Å². The summed E-state index contributed by atoms with van der Waals surface area (Å²) in [5.41, 5.74) is -2.04. The van der Waals surface area contributed by atoms with Gasteiger partial charge in [0.05, 0.1) is 16.8 Å². The Labute approximate surface area is 117 Å². The molecule has 0 saturated carbocycles. The Morgan fingerprint density at radius 2 is 1.26 bits per heavy atom. The van der Waals surface area contributed by atoms with E-state index in [4.69, 9.17) is 23.7 Å². The van der Waals surface area contributed by atoms with Crippen LogP contribution in [0.25, 0.3) is 0 Å². The molecule has 1 fully saturated rings. The molecule has 1 heterocycles. The van der Waals surface area contributed by atoms with E-state index in [1.165, 1.54) is 0 Å². The molecule has 0 N–H and O–H groups in total. The van der Waals surface area contributed by atoms with E-state index in [-0.39, 0.29) is 0 Å². The fraction of sp³-hybridized carbons (Fsp3) is 1.00. The molecule has 6 heteroatoms. The third-order valence-corrected chi connectivity index (χ3v) is 4.53. The zero-order valence-corrected chi connectivity index (χ0v) is 13.6. The third kappa shape index (κ3) is 3.31. The summed E-state index contributed by atoms with van der Waals surface area (Å²) in [6, 6.07) is 0. The molecule has 1 aliphatic rings. The Kier molecular flexibility index (Phi) is 4.46. The molecule has 0 amide bonds. The van der Waals surface area contributed by atoms with Crippen LogP contribution >= 0.6 is 0 Å². The molecule has 0 spiro atoms. The van der Waals surface area contributed by atoms with Crippen LogP contribution in [0.2, 0.25) is 0 Å². The molecule has 1 rings (SSSR count). The lowest BCUT2D eigenvalue weighted by Crippen LogP contribution is -2.49. The SMILES string of the molecule is COC(C)(C)C(C)(C)OOB1OC(C)(C)C(C)(C)O1. The number of rotatable bonds is 5. The maximum atomic E-state index is 5.70. The van der Waals surface area contributed by atoms with Gasteiger partial charge in [-0.2, -0.15) is 0 Å². The average Bonchev–Trinajstić information content (AvgIpc) is 2.45. The summed E-state index contributed by atoms with van der Waals surface area (Å²) in [7, 11) is 0.803. The van der Waals surface area contributed by atoms with Gasteiger partial charge in [0, 0.05) is 7.11 Å². The largest absolute Gasteiger partial charge is 0.669 e. The van der Waals surface area contributed by atoms with Gasteiger partial charge in [-0.15, -0.1) is 0 Å². The second kappa shape index (κ2) is 5.00. The van der Waals surface area contributed by atoms with Crippen molar-refractivity contribution in [3.63, 3.8) is 0 Å². The van der Waals surface area contributed by atoms with Gasteiger partial charge in [-0.3, -0.25) is 0 Å². The molecule has 1 aliphatic heterocycles. The van der Waals surface area contributed by atoms with E-state index in [9.17, 15) is 0 Å².